The Labute approximate surface area is 91.2 Å². The van der Waals surface area contributed by atoms with Crippen LogP contribution in [0.5, 0.6) is 0 Å². The predicted octanol–water partition coefficient (Wildman–Crippen LogP) is -0.487. The summed E-state index contributed by atoms with van der Waals surface area (Å²) in [5.74, 6) is 0. The normalized spacial score (nSPS) is 10.6. The fourth-order valence-corrected chi connectivity index (χ4v) is 1.51. The lowest BCUT2D eigenvalue weighted by Crippen LogP contribution is -2.34. The summed E-state index contributed by atoms with van der Waals surface area (Å²) in [5.41, 5.74) is 0.335. The molecule has 0 saturated heterocycles. The highest BCUT2D eigenvalue weighted by molar-refractivity contribution is 5.03. The van der Waals surface area contributed by atoms with E-state index in [4.69, 9.17) is 0 Å². The first-order valence-electron chi connectivity index (χ1n) is 4.93. The average Bonchev–Trinajstić information content (AvgIpc) is 2.63. The fourth-order valence-electron chi connectivity index (χ4n) is 1.51. The van der Waals surface area contributed by atoms with Gasteiger partial charge in [0.25, 0.3) is 5.56 Å². The third-order valence-electron chi connectivity index (χ3n) is 2.33. The molecule has 0 aliphatic carbocycles. The summed E-state index contributed by atoms with van der Waals surface area (Å²) >= 11 is 0. The molecule has 2 heterocycles. The molecular formula is C10H12N4O2. The van der Waals surface area contributed by atoms with Crippen molar-refractivity contribution < 1.29 is 0 Å². The number of H-pyrrole nitrogens is 1. The zero-order chi connectivity index (χ0) is 11.5. The maximum Gasteiger partial charge on any atom is 0.328 e. The molecule has 2 rings (SSSR count). The van der Waals surface area contributed by atoms with Crippen LogP contribution in [0, 0.1) is 0 Å². The number of nitrogens with one attached hydrogen (secondary N) is 1. The maximum absolute atomic E-state index is 11.4. The van der Waals surface area contributed by atoms with Gasteiger partial charge in [-0.15, -0.1) is 0 Å². The van der Waals surface area contributed by atoms with Gasteiger partial charge in [-0.1, -0.05) is 0 Å². The molecule has 0 aliphatic rings. The van der Waals surface area contributed by atoms with E-state index in [-0.39, 0.29) is 11.2 Å². The summed E-state index contributed by atoms with van der Waals surface area (Å²) in [7, 11) is 1.82. The minimum absolute atomic E-state index is 0.285. The van der Waals surface area contributed by atoms with Crippen LogP contribution in [0.1, 0.15) is 5.56 Å². The standard InChI is InChI=1S/C10H12N4O2/c1-13-7-8(6-12-13)3-5-14-9(15)2-4-11-10(14)16/h2,4,6-7H,3,5H2,1H3,(H,11,16). The van der Waals surface area contributed by atoms with Gasteiger partial charge in [-0.25, -0.2) is 4.79 Å². The molecule has 0 fully saturated rings. The Hall–Kier alpha value is -2.11. The van der Waals surface area contributed by atoms with E-state index in [1.807, 2.05) is 13.2 Å². The molecular weight excluding hydrogens is 208 g/mol. The molecule has 0 atom stereocenters. The Balaban J connectivity index is 2.17. The van der Waals surface area contributed by atoms with Crippen LogP contribution in [0.3, 0.4) is 0 Å². The van der Waals surface area contributed by atoms with Gasteiger partial charge in [0, 0.05) is 32.1 Å². The van der Waals surface area contributed by atoms with Crippen molar-refractivity contribution in [3.8, 4) is 0 Å². The highest BCUT2D eigenvalue weighted by Crippen LogP contribution is 1.97. The van der Waals surface area contributed by atoms with Crippen LogP contribution >= 0.6 is 0 Å². The third-order valence-corrected chi connectivity index (χ3v) is 2.33. The number of hydrogen-bond acceptors (Lipinski definition) is 3. The second-order valence-corrected chi connectivity index (χ2v) is 3.54. The van der Waals surface area contributed by atoms with Crippen molar-refractivity contribution in [3.05, 3.63) is 51.1 Å². The molecule has 0 bridgehead atoms. The number of rotatable bonds is 3. The second-order valence-electron chi connectivity index (χ2n) is 3.54. The summed E-state index contributed by atoms with van der Waals surface area (Å²) < 4.78 is 2.86. The quantitative estimate of drug-likeness (QED) is 0.758. The Morgan fingerprint density at radius 2 is 2.25 bits per heavy atom. The van der Waals surface area contributed by atoms with Crippen LogP contribution in [0.2, 0.25) is 0 Å². The van der Waals surface area contributed by atoms with Gasteiger partial charge in [0.05, 0.1) is 6.20 Å². The van der Waals surface area contributed by atoms with Gasteiger partial charge in [-0.2, -0.15) is 5.10 Å². The number of aryl methyl sites for hydroxylation is 2. The summed E-state index contributed by atoms with van der Waals surface area (Å²) in [6, 6.07) is 1.34. The van der Waals surface area contributed by atoms with Crippen molar-refractivity contribution in [1.82, 2.24) is 19.3 Å². The first kappa shape index (κ1) is 10.4. The van der Waals surface area contributed by atoms with E-state index in [0.717, 1.165) is 5.56 Å². The van der Waals surface area contributed by atoms with Crippen molar-refractivity contribution >= 4 is 0 Å². The lowest BCUT2D eigenvalue weighted by molar-refractivity contribution is 0.627. The van der Waals surface area contributed by atoms with Crippen LogP contribution in [0.25, 0.3) is 0 Å². The summed E-state index contributed by atoms with van der Waals surface area (Å²) in [6.45, 7) is 0.362. The van der Waals surface area contributed by atoms with Crippen LogP contribution in [0.4, 0.5) is 0 Å². The zero-order valence-corrected chi connectivity index (χ0v) is 8.88. The topological polar surface area (TPSA) is 72.7 Å². The van der Waals surface area contributed by atoms with Crippen molar-refractivity contribution in [3.63, 3.8) is 0 Å². The van der Waals surface area contributed by atoms with E-state index in [1.54, 1.807) is 10.9 Å². The van der Waals surface area contributed by atoms with Gasteiger partial charge in [0.15, 0.2) is 0 Å². The van der Waals surface area contributed by atoms with E-state index < -0.39 is 0 Å². The largest absolute Gasteiger partial charge is 0.328 e. The van der Waals surface area contributed by atoms with E-state index in [0.29, 0.717) is 13.0 Å². The number of aromatic nitrogens is 4. The van der Waals surface area contributed by atoms with Crippen molar-refractivity contribution in [2.24, 2.45) is 7.05 Å². The van der Waals surface area contributed by atoms with Gasteiger partial charge < -0.3 is 4.98 Å². The highest BCUT2D eigenvalue weighted by atomic mass is 16.2. The lowest BCUT2D eigenvalue weighted by atomic mass is 10.2. The summed E-state index contributed by atoms with van der Waals surface area (Å²) in [5, 5.41) is 4.02. The van der Waals surface area contributed by atoms with Crippen molar-refractivity contribution in [2.45, 2.75) is 13.0 Å². The first-order valence-corrected chi connectivity index (χ1v) is 4.93. The molecule has 0 unspecified atom stereocenters. The minimum Gasteiger partial charge on any atom is -0.314 e. The third kappa shape index (κ3) is 2.10. The van der Waals surface area contributed by atoms with Gasteiger partial charge in [0.1, 0.15) is 0 Å². The number of nitrogens with zero attached hydrogens (tertiary/aromatic N) is 3. The minimum atomic E-state index is -0.378. The molecule has 2 aromatic rings. The smallest absolute Gasteiger partial charge is 0.314 e. The Morgan fingerprint density at radius 3 is 2.88 bits per heavy atom. The van der Waals surface area contributed by atoms with E-state index >= 15 is 0 Å². The summed E-state index contributed by atoms with van der Waals surface area (Å²) in [4.78, 5) is 25.2. The maximum atomic E-state index is 11.4. The van der Waals surface area contributed by atoms with Crippen LogP contribution in [-0.2, 0) is 20.0 Å². The predicted molar refractivity (Wildman–Crippen MR) is 58.2 cm³/mol. The molecule has 6 heteroatoms. The SMILES string of the molecule is Cn1cc(CCn2c(=O)cc[nH]c2=O)cn1. The van der Waals surface area contributed by atoms with Crippen LogP contribution in [0.15, 0.2) is 34.2 Å². The molecule has 0 saturated carbocycles. The monoisotopic (exact) mass is 220 g/mol. The summed E-state index contributed by atoms with van der Waals surface area (Å²) in [6.07, 6.45) is 5.55. The lowest BCUT2D eigenvalue weighted by Gasteiger charge is -2.01. The van der Waals surface area contributed by atoms with Crippen molar-refractivity contribution in [1.29, 1.82) is 0 Å². The molecule has 0 aromatic carbocycles. The van der Waals surface area contributed by atoms with Gasteiger partial charge >= 0.3 is 5.69 Å². The molecule has 2 aromatic heterocycles. The average molecular weight is 220 g/mol. The molecule has 6 nitrogen and oxygen atoms in total. The van der Waals surface area contributed by atoms with Gasteiger partial charge in [-0.3, -0.25) is 14.0 Å². The van der Waals surface area contributed by atoms with Crippen LogP contribution in [-0.4, -0.2) is 19.3 Å². The first-order chi connectivity index (χ1) is 7.66. The number of hydrogen-bond donors (Lipinski definition) is 1. The molecule has 84 valence electrons. The Kier molecular flexibility index (Phi) is 2.72. The highest BCUT2D eigenvalue weighted by Gasteiger charge is 2.01. The fraction of sp³-hybridized carbons (Fsp3) is 0.300. The molecule has 0 spiro atoms. The Bertz CT molecular complexity index is 565. The van der Waals surface area contributed by atoms with Gasteiger partial charge in [-0.05, 0) is 12.0 Å². The molecule has 0 radical (unpaired) electrons. The zero-order valence-electron chi connectivity index (χ0n) is 8.88. The molecule has 0 aliphatic heterocycles. The molecule has 16 heavy (non-hydrogen) atoms. The second kappa shape index (κ2) is 4.18. The molecule has 0 amide bonds. The Morgan fingerprint density at radius 1 is 1.44 bits per heavy atom. The van der Waals surface area contributed by atoms with E-state index in [2.05, 4.69) is 10.1 Å². The number of aromatic amines is 1. The molecule has 1 N–H and O–H groups in total. The van der Waals surface area contributed by atoms with E-state index in [9.17, 15) is 9.59 Å². The van der Waals surface area contributed by atoms with Crippen molar-refractivity contribution in [2.75, 3.05) is 0 Å². The van der Waals surface area contributed by atoms with Crippen LogP contribution < -0.4 is 11.2 Å². The van der Waals surface area contributed by atoms with E-state index in [1.165, 1.54) is 16.8 Å². The van der Waals surface area contributed by atoms with Gasteiger partial charge in [0.2, 0.25) is 0 Å².